The Bertz CT molecular complexity index is 652. The van der Waals surface area contributed by atoms with Gasteiger partial charge in [-0.2, -0.15) is 8.73 Å². The molecule has 0 radical (unpaired) electrons. The van der Waals surface area contributed by atoms with Gasteiger partial charge in [0.05, 0.1) is 17.3 Å². The summed E-state index contributed by atoms with van der Waals surface area (Å²) in [5.41, 5.74) is 2.01. The van der Waals surface area contributed by atoms with E-state index in [2.05, 4.69) is 8.73 Å². The molecule has 1 amide bonds. The molecule has 0 bridgehead atoms. The van der Waals surface area contributed by atoms with E-state index in [1.165, 1.54) is 0 Å². The highest BCUT2D eigenvalue weighted by Crippen LogP contribution is 2.32. The molecule has 0 spiro atoms. The van der Waals surface area contributed by atoms with Crippen molar-refractivity contribution in [2.24, 2.45) is 14.6 Å². The first-order valence-corrected chi connectivity index (χ1v) is 7.12. The van der Waals surface area contributed by atoms with Crippen LogP contribution < -0.4 is 0 Å². The lowest BCUT2D eigenvalue weighted by Gasteiger charge is -2.30. The Balaban J connectivity index is 1.79. The van der Waals surface area contributed by atoms with Crippen LogP contribution >= 0.6 is 0 Å². The molecule has 0 aliphatic carbocycles. The molecule has 2 heterocycles. The molecule has 20 heavy (non-hydrogen) atoms. The van der Waals surface area contributed by atoms with E-state index in [4.69, 9.17) is 5.11 Å². The Kier molecular flexibility index (Phi) is 3.35. The van der Waals surface area contributed by atoms with E-state index in [1.807, 2.05) is 0 Å². The van der Waals surface area contributed by atoms with Crippen LogP contribution in [0.5, 0.6) is 0 Å². The highest BCUT2D eigenvalue weighted by molar-refractivity contribution is 7.58. The van der Waals surface area contributed by atoms with Gasteiger partial charge in [0.25, 0.3) is 5.91 Å². The third kappa shape index (κ3) is 2.36. The molecule has 1 saturated heterocycles. The van der Waals surface area contributed by atoms with Gasteiger partial charge in [-0.25, -0.2) is 0 Å². The van der Waals surface area contributed by atoms with E-state index in [-0.39, 0.29) is 12.5 Å². The molecule has 0 aromatic heterocycles. The summed E-state index contributed by atoms with van der Waals surface area (Å²) in [7, 11) is 0. The van der Waals surface area contributed by atoms with Gasteiger partial charge in [0, 0.05) is 18.7 Å². The molecular formula is C13H13N3O3S. The Labute approximate surface area is 119 Å². The lowest BCUT2D eigenvalue weighted by atomic mass is 9.97. The summed E-state index contributed by atoms with van der Waals surface area (Å²) in [6, 6.07) is 5.20. The normalized spacial score (nSPS) is 20.4. The van der Waals surface area contributed by atoms with Gasteiger partial charge < -0.3 is 10.0 Å². The van der Waals surface area contributed by atoms with Crippen LogP contribution in [-0.2, 0) is 16.1 Å². The van der Waals surface area contributed by atoms with Crippen molar-refractivity contribution >= 4 is 34.6 Å². The second kappa shape index (κ2) is 5.16. The van der Waals surface area contributed by atoms with Crippen LogP contribution in [0, 0.1) is 5.92 Å². The number of carboxylic acids is 1. The number of piperidine rings is 1. The minimum absolute atomic E-state index is 0.133. The highest BCUT2D eigenvalue weighted by atomic mass is 32.1. The summed E-state index contributed by atoms with van der Waals surface area (Å²) in [6.45, 7) is 0.886. The van der Waals surface area contributed by atoms with E-state index in [1.54, 1.807) is 23.1 Å². The fourth-order valence-electron chi connectivity index (χ4n) is 2.46. The van der Waals surface area contributed by atoms with E-state index in [0.29, 0.717) is 24.2 Å². The summed E-state index contributed by atoms with van der Waals surface area (Å²) in [6.07, 6.45) is 1.36. The molecule has 7 heteroatoms. The zero-order valence-electron chi connectivity index (χ0n) is 10.7. The smallest absolute Gasteiger partial charge is 0.308 e. The number of hydrogen-bond donors (Lipinski definition) is 1. The number of nitrogens with zero attached hydrogens (tertiary/aromatic N) is 3. The van der Waals surface area contributed by atoms with Gasteiger partial charge >= 0.3 is 5.97 Å². The molecule has 1 aromatic carbocycles. The standard InChI is InChI=1S/C13H13N3O3S/c17-12(16-5-1-2-9(7-16)13(18)19)8-3-4-10-11(6-8)15-20-14-10/h3-4,6,9H,1-2,5,7H2,(H,18,19). The van der Waals surface area contributed by atoms with Gasteiger partial charge in [-0.05, 0) is 31.0 Å². The largest absolute Gasteiger partial charge is 0.481 e. The number of rotatable bonds is 2. The first-order valence-electron chi connectivity index (χ1n) is 6.39. The second-order valence-corrected chi connectivity index (χ2v) is 5.42. The number of fused-ring (bicyclic) bond motifs is 1. The third-order valence-corrected chi connectivity index (χ3v) is 4.12. The topological polar surface area (TPSA) is 82.3 Å². The molecule has 2 aliphatic rings. The van der Waals surface area contributed by atoms with Crippen molar-refractivity contribution in [3.05, 3.63) is 23.8 Å². The molecule has 104 valence electrons. The van der Waals surface area contributed by atoms with Crippen molar-refractivity contribution < 1.29 is 14.7 Å². The minimum atomic E-state index is -0.832. The zero-order valence-corrected chi connectivity index (χ0v) is 11.5. The molecular weight excluding hydrogens is 278 g/mol. The van der Waals surface area contributed by atoms with E-state index in [9.17, 15) is 9.59 Å². The zero-order chi connectivity index (χ0) is 14.1. The van der Waals surface area contributed by atoms with Crippen LogP contribution in [0.2, 0.25) is 0 Å². The molecule has 2 aliphatic heterocycles. The van der Waals surface area contributed by atoms with Gasteiger partial charge in [0.1, 0.15) is 11.4 Å². The molecule has 1 unspecified atom stereocenters. The van der Waals surface area contributed by atoms with Crippen molar-refractivity contribution in [2.75, 3.05) is 13.1 Å². The summed E-state index contributed by atoms with van der Waals surface area (Å²) in [5, 5.41) is 9.07. The monoisotopic (exact) mass is 291 g/mol. The van der Waals surface area contributed by atoms with Gasteiger partial charge in [0.2, 0.25) is 0 Å². The lowest BCUT2D eigenvalue weighted by molar-refractivity contribution is -0.143. The van der Waals surface area contributed by atoms with E-state index < -0.39 is 11.9 Å². The first kappa shape index (κ1) is 13.0. The molecule has 1 fully saturated rings. The molecule has 1 atom stereocenters. The molecule has 3 rings (SSSR count). The lowest BCUT2D eigenvalue weighted by Crippen LogP contribution is -2.42. The summed E-state index contributed by atoms with van der Waals surface area (Å²) in [5.74, 6) is -1.43. The fraction of sp³-hybridized carbons (Fsp3) is 0.385. The second-order valence-electron chi connectivity index (χ2n) is 4.90. The van der Waals surface area contributed by atoms with Crippen molar-refractivity contribution in [1.82, 2.24) is 4.90 Å². The van der Waals surface area contributed by atoms with Crippen LogP contribution in [0.15, 0.2) is 26.9 Å². The van der Waals surface area contributed by atoms with Crippen LogP contribution in [0.1, 0.15) is 23.2 Å². The van der Waals surface area contributed by atoms with Crippen molar-refractivity contribution in [3.63, 3.8) is 0 Å². The predicted octanol–water partition coefficient (Wildman–Crippen LogP) is 2.35. The van der Waals surface area contributed by atoms with Crippen molar-refractivity contribution in [1.29, 1.82) is 0 Å². The summed E-state index contributed by atoms with van der Waals surface area (Å²) in [4.78, 5) is 25.1. The fourth-order valence-corrected chi connectivity index (χ4v) is 2.98. The number of hydrogen-bond acceptors (Lipinski definition) is 4. The molecule has 1 aromatic rings. The maximum Gasteiger partial charge on any atom is 0.308 e. The number of carbonyl (C=O) groups is 2. The first-order chi connectivity index (χ1) is 9.65. The number of benzene rings is 1. The van der Waals surface area contributed by atoms with Crippen LogP contribution in [0.3, 0.4) is 0 Å². The van der Waals surface area contributed by atoms with Crippen LogP contribution in [0.25, 0.3) is 0 Å². The summed E-state index contributed by atoms with van der Waals surface area (Å²) < 4.78 is 8.21. The third-order valence-electron chi connectivity index (χ3n) is 3.56. The van der Waals surface area contributed by atoms with Crippen molar-refractivity contribution in [2.45, 2.75) is 12.8 Å². The number of carbonyl (C=O) groups excluding carboxylic acids is 1. The SMILES string of the molecule is O=C(O)C1CCCN(C(=O)c2ccc3c(c2)N=S=N3)C1. The summed E-state index contributed by atoms with van der Waals surface area (Å²) >= 11 is 1.11. The van der Waals surface area contributed by atoms with Crippen molar-refractivity contribution in [3.8, 4) is 0 Å². The Hall–Kier alpha value is -2.02. The van der Waals surface area contributed by atoms with Gasteiger partial charge in [-0.15, -0.1) is 0 Å². The Morgan fingerprint density at radius 2 is 2.10 bits per heavy atom. The maximum absolute atomic E-state index is 12.4. The maximum atomic E-state index is 12.4. The average Bonchev–Trinajstić information content (AvgIpc) is 2.94. The van der Waals surface area contributed by atoms with Crippen LogP contribution in [0.4, 0.5) is 11.4 Å². The molecule has 1 N–H and O–H groups in total. The Morgan fingerprint density at radius 1 is 1.30 bits per heavy atom. The van der Waals surface area contributed by atoms with Gasteiger partial charge in [0.15, 0.2) is 0 Å². The Morgan fingerprint density at radius 3 is 2.90 bits per heavy atom. The molecule has 6 nitrogen and oxygen atoms in total. The number of likely N-dealkylation sites (tertiary alicyclic amines) is 1. The number of carboxylic acid groups (broad SMARTS) is 1. The number of aliphatic carboxylic acids is 1. The van der Waals surface area contributed by atoms with Gasteiger partial charge in [-0.3, -0.25) is 9.59 Å². The van der Waals surface area contributed by atoms with E-state index in [0.717, 1.165) is 23.5 Å². The molecule has 0 saturated carbocycles. The van der Waals surface area contributed by atoms with E-state index >= 15 is 0 Å². The highest BCUT2D eigenvalue weighted by Gasteiger charge is 2.28. The van der Waals surface area contributed by atoms with Crippen LogP contribution in [-0.4, -0.2) is 35.0 Å². The predicted molar refractivity (Wildman–Crippen MR) is 74.2 cm³/mol. The quantitative estimate of drug-likeness (QED) is 0.922. The number of amides is 1. The van der Waals surface area contributed by atoms with Gasteiger partial charge in [-0.1, -0.05) is 0 Å². The minimum Gasteiger partial charge on any atom is -0.481 e. The average molecular weight is 291 g/mol.